The summed E-state index contributed by atoms with van der Waals surface area (Å²) in [6, 6.07) is 63.3. The van der Waals surface area contributed by atoms with Crippen molar-refractivity contribution in [1.82, 2.24) is 4.57 Å². The number of anilines is 2. The molecule has 0 N–H and O–H groups in total. The van der Waals surface area contributed by atoms with Gasteiger partial charge in [-0.05, 0) is 101 Å². The Morgan fingerprint density at radius 1 is 0.466 bits per heavy atom. The highest BCUT2D eigenvalue weighted by atomic mass is 16.3. The molecule has 1 aliphatic heterocycles. The molecule has 8 aromatic carbocycles. The molecule has 58 heavy (non-hydrogen) atoms. The fourth-order valence-corrected chi connectivity index (χ4v) is 9.95. The van der Waals surface area contributed by atoms with Crippen LogP contribution in [-0.4, -0.2) is 10.6 Å². The fourth-order valence-electron chi connectivity index (χ4n) is 9.95. The minimum atomic E-state index is 0.188. The molecule has 2 unspecified atom stereocenters. The van der Waals surface area contributed by atoms with E-state index in [2.05, 4.69) is 191 Å². The molecule has 0 saturated carbocycles. The Kier molecular flexibility index (Phi) is 6.53. The number of para-hydroxylation sites is 5. The van der Waals surface area contributed by atoms with E-state index in [1.807, 2.05) is 12.1 Å². The first kappa shape index (κ1) is 31.6. The Labute approximate surface area is 333 Å². The standard InChI is InChI=1S/C54H34N2O2/c1-3-13-36(14-4-1)55-46-20-10-7-17-38(46)43-29-33(23-26-48(43)55)35-31-42(53-45(32-35)40-25-28-51-52(54(40)58-53)41-19-9-12-22-50(41)57-51)34-24-27-49-44(30-34)39-18-8-11-21-47(39)56(49)37-15-5-2-6-16-37/h1-32,43,48H. The number of hydrogen-bond donors (Lipinski definition) is 0. The van der Waals surface area contributed by atoms with Gasteiger partial charge in [0.2, 0.25) is 0 Å². The lowest BCUT2D eigenvalue weighted by Gasteiger charge is -2.29. The maximum absolute atomic E-state index is 7.10. The zero-order valence-electron chi connectivity index (χ0n) is 31.3. The van der Waals surface area contributed by atoms with Crippen molar-refractivity contribution < 1.29 is 8.83 Å². The van der Waals surface area contributed by atoms with Gasteiger partial charge in [-0.1, -0.05) is 115 Å². The van der Waals surface area contributed by atoms with Gasteiger partial charge >= 0.3 is 0 Å². The number of fused-ring (bicyclic) bond motifs is 13. The zero-order chi connectivity index (χ0) is 37.9. The molecule has 4 heterocycles. The van der Waals surface area contributed by atoms with E-state index in [4.69, 9.17) is 8.83 Å². The summed E-state index contributed by atoms with van der Waals surface area (Å²) in [7, 11) is 0. The lowest BCUT2D eigenvalue weighted by molar-refractivity contribution is 0.663. The number of nitrogens with zero attached hydrogens (tertiary/aromatic N) is 2. The largest absolute Gasteiger partial charge is 0.456 e. The molecule has 3 aromatic heterocycles. The van der Waals surface area contributed by atoms with Gasteiger partial charge in [-0.2, -0.15) is 0 Å². The van der Waals surface area contributed by atoms with Crippen molar-refractivity contribution in [2.24, 2.45) is 0 Å². The van der Waals surface area contributed by atoms with Crippen LogP contribution in [-0.2, 0) is 0 Å². The van der Waals surface area contributed by atoms with Crippen LogP contribution in [0.15, 0.2) is 203 Å². The van der Waals surface area contributed by atoms with Gasteiger partial charge in [0.1, 0.15) is 22.3 Å². The van der Waals surface area contributed by atoms with Crippen molar-refractivity contribution in [2.45, 2.75) is 12.0 Å². The Hall–Kier alpha value is -7.56. The van der Waals surface area contributed by atoms with Crippen LogP contribution in [0.2, 0.25) is 0 Å². The van der Waals surface area contributed by atoms with Gasteiger partial charge < -0.3 is 18.3 Å². The third-order valence-electron chi connectivity index (χ3n) is 12.5. The predicted octanol–water partition coefficient (Wildman–Crippen LogP) is 14.5. The molecule has 0 saturated heterocycles. The molecule has 0 radical (unpaired) electrons. The van der Waals surface area contributed by atoms with Crippen molar-refractivity contribution in [3.63, 3.8) is 0 Å². The van der Waals surface area contributed by atoms with Gasteiger partial charge in [-0.3, -0.25) is 0 Å². The maximum Gasteiger partial charge on any atom is 0.147 e. The number of aromatic nitrogens is 1. The molecule has 0 spiro atoms. The van der Waals surface area contributed by atoms with E-state index in [0.717, 1.165) is 60.7 Å². The van der Waals surface area contributed by atoms with E-state index in [9.17, 15) is 0 Å². The van der Waals surface area contributed by atoms with Crippen LogP contribution in [0.5, 0.6) is 0 Å². The third-order valence-corrected chi connectivity index (χ3v) is 12.5. The summed E-state index contributed by atoms with van der Waals surface area (Å²) in [5.41, 5.74) is 15.3. The van der Waals surface area contributed by atoms with Gasteiger partial charge in [-0.15, -0.1) is 0 Å². The van der Waals surface area contributed by atoms with Crippen molar-refractivity contribution in [1.29, 1.82) is 0 Å². The minimum Gasteiger partial charge on any atom is -0.456 e. The number of allylic oxidation sites excluding steroid dienone is 2. The van der Waals surface area contributed by atoms with Crippen molar-refractivity contribution in [2.75, 3.05) is 4.90 Å². The summed E-state index contributed by atoms with van der Waals surface area (Å²) in [5, 5.41) is 6.68. The third kappa shape index (κ3) is 4.45. The van der Waals surface area contributed by atoms with Crippen molar-refractivity contribution in [3.05, 3.63) is 205 Å². The Morgan fingerprint density at radius 2 is 1.19 bits per heavy atom. The SMILES string of the molecule is C1=CC2C(C=C1c1cc(-c3ccc4c(c3)c3ccccc3n4-c3ccccc3)c3oc4c(ccc5oc6ccccc6c54)c3c1)c1ccccc1N2c1ccccc1. The molecule has 2 atom stereocenters. The molecule has 1 aliphatic carbocycles. The Balaban J connectivity index is 1.06. The fraction of sp³-hybridized carbons (Fsp3) is 0.0370. The van der Waals surface area contributed by atoms with Crippen molar-refractivity contribution in [3.8, 4) is 16.8 Å². The molecule has 11 aromatic rings. The quantitative estimate of drug-likeness (QED) is 0.180. The van der Waals surface area contributed by atoms with Gasteiger partial charge in [0, 0.05) is 55.5 Å². The van der Waals surface area contributed by atoms with Crippen LogP contribution in [0.4, 0.5) is 11.4 Å². The van der Waals surface area contributed by atoms with E-state index < -0.39 is 0 Å². The zero-order valence-corrected chi connectivity index (χ0v) is 31.3. The summed E-state index contributed by atoms with van der Waals surface area (Å²) >= 11 is 0. The molecular formula is C54H34N2O2. The summed E-state index contributed by atoms with van der Waals surface area (Å²) in [5.74, 6) is 0.203. The van der Waals surface area contributed by atoms with Crippen LogP contribution < -0.4 is 4.90 Å². The smallest absolute Gasteiger partial charge is 0.147 e. The van der Waals surface area contributed by atoms with Gasteiger partial charge in [0.15, 0.2) is 0 Å². The molecule has 272 valence electrons. The van der Waals surface area contributed by atoms with E-state index >= 15 is 0 Å². The second-order valence-corrected chi connectivity index (χ2v) is 15.6. The molecule has 0 fully saturated rings. The van der Waals surface area contributed by atoms with Crippen LogP contribution in [0.1, 0.15) is 17.0 Å². The number of furan rings is 2. The number of rotatable bonds is 4. The second-order valence-electron chi connectivity index (χ2n) is 15.6. The highest BCUT2D eigenvalue weighted by Gasteiger charge is 2.38. The van der Waals surface area contributed by atoms with Crippen LogP contribution in [0.3, 0.4) is 0 Å². The first-order valence-corrected chi connectivity index (χ1v) is 20.0. The van der Waals surface area contributed by atoms with Gasteiger partial charge in [-0.25, -0.2) is 0 Å². The normalized spacial score (nSPS) is 16.3. The lowest BCUT2D eigenvalue weighted by Crippen LogP contribution is -2.28. The second kappa shape index (κ2) is 12.0. The lowest BCUT2D eigenvalue weighted by atomic mass is 9.85. The van der Waals surface area contributed by atoms with E-state index in [1.54, 1.807) is 0 Å². The molecule has 4 nitrogen and oxygen atoms in total. The summed E-state index contributed by atoms with van der Waals surface area (Å²) in [4.78, 5) is 2.49. The van der Waals surface area contributed by atoms with Crippen LogP contribution in [0.25, 0.3) is 88.1 Å². The molecule has 0 amide bonds. The first-order chi connectivity index (χ1) is 28.8. The predicted molar refractivity (Wildman–Crippen MR) is 239 cm³/mol. The van der Waals surface area contributed by atoms with E-state index in [1.165, 1.54) is 49.9 Å². The summed E-state index contributed by atoms with van der Waals surface area (Å²) in [6.45, 7) is 0. The number of hydrogen-bond acceptors (Lipinski definition) is 3. The van der Waals surface area contributed by atoms with Gasteiger partial charge in [0.05, 0.1) is 22.5 Å². The summed E-state index contributed by atoms with van der Waals surface area (Å²) < 4.78 is 15.8. The van der Waals surface area contributed by atoms with Crippen LogP contribution >= 0.6 is 0 Å². The Bertz CT molecular complexity index is 3530. The first-order valence-electron chi connectivity index (χ1n) is 20.0. The highest BCUT2D eigenvalue weighted by molar-refractivity contribution is 6.23. The maximum atomic E-state index is 7.10. The Morgan fingerprint density at radius 3 is 2.07 bits per heavy atom. The molecule has 4 heteroatoms. The van der Waals surface area contributed by atoms with E-state index in [0.29, 0.717) is 0 Å². The molecule has 0 bridgehead atoms. The molecule has 2 aliphatic rings. The average Bonchev–Trinajstić information content (AvgIpc) is 4.04. The number of benzene rings is 8. The summed E-state index contributed by atoms with van der Waals surface area (Å²) in [6.07, 6.45) is 7.21. The highest BCUT2D eigenvalue weighted by Crippen LogP contribution is 2.50. The average molecular weight is 743 g/mol. The molecule has 13 rings (SSSR count). The van der Waals surface area contributed by atoms with Crippen molar-refractivity contribution >= 4 is 82.6 Å². The van der Waals surface area contributed by atoms with E-state index in [-0.39, 0.29) is 12.0 Å². The monoisotopic (exact) mass is 742 g/mol. The topological polar surface area (TPSA) is 34.5 Å². The van der Waals surface area contributed by atoms with Crippen LogP contribution in [0, 0.1) is 0 Å². The molecular weight excluding hydrogens is 709 g/mol. The minimum absolute atomic E-state index is 0.188. The van der Waals surface area contributed by atoms with Gasteiger partial charge in [0.25, 0.3) is 0 Å².